The summed E-state index contributed by atoms with van der Waals surface area (Å²) >= 11 is 0. The quantitative estimate of drug-likeness (QED) is 0.0823. The van der Waals surface area contributed by atoms with Gasteiger partial charge in [-0.25, -0.2) is 4.98 Å². The first kappa shape index (κ1) is 28.3. The first-order valence-electron chi connectivity index (χ1n) is 12.1. The Kier molecular flexibility index (Phi) is 9.11. The summed E-state index contributed by atoms with van der Waals surface area (Å²) in [7, 11) is 0. The predicted octanol–water partition coefficient (Wildman–Crippen LogP) is 6.90. The molecular weight excluding hydrogens is 530 g/mol. The van der Waals surface area contributed by atoms with Crippen LogP contribution in [0.2, 0.25) is 0 Å². The van der Waals surface area contributed by atoms with Gasteiger partial charge in [0.15, 0.2) is 5.78 Å². The topological polar surface area (TPSA) is 74.7 Å². The van der Waals surface area contributed by atoms with Crippen molar-refractivity contribution in [1.29, 1.82) is 0 Å². The van der Waals surface area contributed by atoms with E-state index >= 15 is 0 Å². The average Bonchev–Trinajstić information content (AvgIpc) is 2.96. The maximum atomic E-state index is 13.5. The first-order chi connectivity index (χ1) is 19.2. The zero-order chi connectivity index (χ0) is 28.5. The number of carbonyl (C=O) groups is 2. The van der Waals surface area contributed by atoms with E-state index in [0.717, 1.165) is 12.1 Å². The fourth-order valence-electron chi connectivity index (χ4n) is 3.70. The van der Waals surface area contributed by atoms with Crippen molar-refractivity contribution in [3.8, 4) is 17.4 Å². The lowest BCUT2D eigenvalue weighted by Gasteiger charge is -2.18. The number of nitrogens with zero attached hydrogens (tertiary/aromatic N) is 1. The molecule has 4 rings (SSSR count). The Morgan fingerprint density at radius 2 is 1.50 bits per heavy atom. The Balaban J connectivity index is 1.54. The number of esters is 1. The van der Waals surface area contributed by atoms with Gasteiger partial charge in [0.1, 0.15) is 24.0 Å². The number of Topliss-reactive ketones (excluding diaryl/α,β-unsaturated/α-hetero) is 1. The Hall–Kier alpha value is -4.73. The zero-order valence-corrected chi connectivity index (χ0v) is 20.9. The van der Waals surface area contributed by atoms with E-state index in [2.05, 4.69) is 9.72 Å². The maximum absolute atomic E-state index is 13.5. The third kappa shape index (κ3) is 7.66. The molecule has 40 heavy (non-hydrogen) atoms. The van der Waals surface area contributed by atoms with E-state index in [1.807, 2.05) is 0 Å². The fourth-order valence-corrected chi connectivity index (χ4v) is 3.70. The normalized spacial score (nSPS) is 12.0. The lowest BCUT2D eigenvalue weighted by atomic mass is 9.91. The molecular formula is C30H23F4NO5. The molecule has 0 aliphatic heterocycles. The molecule has 0 fully saturated rings. The molecule has 206 valence electrons. The highest BCUT2D eigenvalue weighted by Crippen LogP contribution is 2.29. The van der Waals surface area contributed by atoms with Crippen molar-refractivity contribution in [2.24, 2.45) is 5.92 Å². The number of halogens is 4. The molecule has 0 saturated carbocycles. The third-order valence-electron chi connectivity index (χ3n) is 5.67. The van der Waals surface area contributed by atoms with Gasteiger partial charge in [-0.2, -0.15) is 17.6 Å². The van der Waals surface area contributed by atoms with Crippen LogP contribution in [-0.4, -0.2) is 29.3 Å². The number of hydrogen-bond acceptors (Lipinski definition) is 6. The molecule has 0 N–H and O–H groups in total. The zero-order valence-electron chi connectivity index (χ0n) is 20.9. The Morgan fingerprint density at radius 1 is 0.800 bits per heavy atom. The van der Waals surface area contributed by atoms with Crippen molar-refractivity contribution in [2.75, 3.05) is 0 Å². The molecule has 6 nitrogen and oxygen atoms in total. The number of ketones is 1. The van der Waals surface area contributed by atoms with Crippen LogP contribution < -0.4 is 9.47 Å². The minimum Gasteiger partial charge on any atom is -0.460 e. The summed E-state index contributed by atoms with van der Waals surface area (Å²) in [5.74, 6) is -2.58. The van der Waals surface area contributed by atoms with Crippen LogP contribution in [0.25, 0.3) is 0 Å². The van der Waals surface area contributed by atoms with Gasteiger partial charge in [0.25, 0.3) is 0 Å². The number of alkyl halides is 4. The van der Waals surface area contributed by atoms with Gasteiger partial charge in [0.2, 0.25) is 5.88 Å². The predicted molar refractivity (Wildman–Crippen MR) is 137 cm³/mol. The summed E-state index contributed by atoms with van der Waals surface area (Å²) in [6, 6.07) is 24.9. The molecule has 0 radical (unpaired) electrons. The molecule has 0 bridgehead atoms. The fraction of sp³-hybridized carbons (Fsp3) is 0.167. The van der Waals surface area contributed by atoms with Crippen molar-refractivity contribution < 1.29 is 41.4 Å². The number of hydrogen-bond donors (Lipinski definition) is 0. The molecule has 1 aromatic heterocycles. The van der Waals surface area contributed by atoms with Crippen LogP contribution in [0.15, 0.2) is 103 Å². The molecule has 0 aliphatic rings. The summed E-state index contributed by atoms with van der Waals surface area (Å²) < 4.78 is 67.2. The molecule has 3 aromatic carbocycles. The number of pyridine rings is 1. The van der Waals surface area contributed by atoms with Gasteiger partial charge in [-0.3, -0.25) is 9.59 Å². The van der Waals surface area contributed by atoms with Crippen molar-refractivity contribution in [3.63, 3.8) is 0 Å². The molecule has 10 heteroatoms. The number of carbonyl (C=O) groups excluding carboxylic acids is 2. The monoisotopic (exact) mass is 553 g/mol. The highest BCUT2D eigenvalue weighted by molar-refractivity contribution is 6.08. The standard InChI is InChI=1S/C30H23F4NO5/c31-29(32)30(33,34)40-24-10-6-9-21(17-24)18-25(28(37)38-19-20-7-2-1-3-8-20)27(36)22-12-14-23(15-13-22)39-26-11-4-5-16-35-26/h1-17,25,29H,18-19H2. The minimum absolute atomic E-state index is 0.0932. The molecule has 4 aromatic rings. The van der Waals surface area contributed by atoms with E-state index in [4.69, 9.17) is 9.47 Å². The van der Waals surface area contributed by atoms with E-state index in [9.17, 15) is 27.2 Å². The highest BCUT2D eigenvalue weighted by Gasteiger charge is 2.44. The molecule has 0 spiro atoms. The minimum atomic E-state index is -4.71. The summed E-state index contributed by atoms with van der Waals surface area (Å²) in [5, 5.41) is 0. The van der Waals surface area contributed by atoms with E-state index < -0.39 is 36.0 Å². The van der Waals surface area contributed by atoms with Crippen LogP contribution in [0.4, 0.5) is 17.6 Å². The van der Waals surface area contributed by atoms with Crippen LogP contribution in [0.5, 0.6) is 17.4 Å². The Bertz CT molecular complexity index is 1420. The van der Waals surface area contributed by atoms with Crippen LogP contribution in [0, 0.1) is 5.92 Å². The molecule has 0 aliphatic carbocycles. The number of aromatic nitrogens is 1. The summed E-state index contributed by atoms with van der Waals surface area (Å²) in [6.07, 6.45) is -7.44. The van der Waals surface area contributed by atoms with Crippen LogP contribution >= 0.6 is 0 Å². The lowest BCUT2D eigenvalue weighted by Crippen LogP contribution is -2.33. The lowest BCUT2D eigenvalue weighted by molar-refractivity contribution is -0.253. The number of benzene rings is 3. The third-order valence-corrected chi connectivity index (χ3v) is 5.67. The van der Waals surface area contributed by atoms with Gasteiger partial charge in [-0.05, 0) is 60.0 Å². The van der Waals surface area contributed by atoms with Gasteiger partial charge >= 0.3 is 18.5 Å². The number of rotatable bonds is 12. The first-order valence-corrected chi connectivity index (χ1v) is 12.1. The molecule has 0 amide bonds. The van der Waals surface area contributed by atoms with Crippen LogP contribution in [-0.2, 0) is 22.6 Å². The molecule has 1 heterocycles. The largest absolute Gasteiger partial charge is 0.461 e. The second-order valence-corrected chi connectivity index (χ2v) is 8.62. The van der Waals surface area contributed by atoms with Gasteiger partial charge in [0, 0.05) is 17.8 Å². The van der Waals surface area contributed by atoms with Crippen LogP contribution in [0.3, 0.4) is 0 Å². The van der Waals surface area contributed by atoms with Crippen molar-refractivity contribution in [2.45, 2.75) is 25.6 Å². The van der Waals surface area contributed by atoms with E-state index in [-0.39, 0.29) is 24.2 Å². The molecule has 1 atom stereocenters. The van der Waals surface area contributed by atoms with Crippen molar-refractivity contribution in [3.05, 3.63) is 120 Å². The van der Waals surface area contributed by atoms with E-state index in [1.54, 1.807) is 54.7 Å². The van der Waals surface area contributed by atoms with Gasteiger partial charge < -0.3 is 14.2 Å². The number of ether oxygens (including phenoxy) is 3. The average molecular weight is 554 g/mol. The smallest absolute Gasteiger partial charge is 0.460 e. The maximum Gasteiger partial charge on any atom is 0.461 e. The van der Waals surface area contributed by atoms with Crippen molar-refractivity contribution in [1.82, 2.24) is 4.98 Å². The Labute approximate surface area is 227 Å². The molecule has 0 saturated heterocycles. The molecule has 1 unspecified atom stereocenters. The van der Waals surface area contributed by atoms with Crippen LogP contribution in [0.1, 0.15) is 21.5 Å². The second kappa shape index (κ2) is 12.9. The van der Waals surface area contributed by atoms with Gasteiger partial charge in [-0.15, -0.1) is 0 Å². The summed E-state index contributed by atoms with van der Waals surface area (Å²) in [5.41, 5.74) is 1.10. The van der Waals surface area contributed by atoms with E-state index in [0.29, 0.717) is 17.2 Å². The van der Waals surface area contributed by atoms with Crippen molar-refractivity contribution >= 4 is 11.8 Å². The summed E-state index contributed by atoms with van der Waals surface area (Å²) in [6.45, 7) is -0.0932. The van der Waals surface area contributed by atoms with E-state index in [1.165, 1.54) is 36.4 Å². The summed E-state index contributed by atoms with van der Waals surface area (Å²) in [4.78, 5) is 30.7. The Morgan fingerprint density at radius 3 is 2.17 bits per heavy atom. The van der Waals surface area contributed by atoms with Gasteiger partial charge in [-0.1, -0.05) is 48.5 Å². The highest BCUT2D eigenvalue weighted by atomic mass is 19.3. The second-order valence-electron chi connectivity index (χ2n) is 8.62. The SMILES string of the molecule is O=C(OCc1ccccc1)C(Cc1cccc(OC(F)(F)C(F)F)c1)C(=O)c1ccc(Oc2ccccn2)cc1. The van der Waals surface area contributed by atoms with Gasteiger partial charge in [0.05, 0.1) is 0 Å².